The van der Waals surface area contributed by atoms with Crippen molar-refractivity contribution in [2.45, 2.75) is 0 Å². The van der Waals surface area contributed by atoms with Gasteiger partial charge >= 0.3 is 0 Å². The number of hydrogen-bond donors (Lipinski definition) is 2. The van der Waals surface area contributed by atoms with E-state index in [0.29, 0.717) is 5.69 Å². The van der Waals surface area contributed by atoms with Gasteiger partial charge in [0.25, 0.3) is 0 Å². The van der Waals surface area contributed by atoms with E-state index in [1.807, 2.05) is 24.3 Å². The molecule has 0 aliphatic heterocycles. The van der Waals surface area contributed by atoms with E-state index in [9.17, 15) is 0 Å². The van der Waals surface area contributed by atoms with E-state index in [2.05, 4.69) is 60.2 Å². The van der Waals surface area contributed by atoms with Crippen LogP contribution in [0.25, 0.3) is 43.6 Å². The Hall–Kier alpha value is -2.69. The molecular formula is C16H10BrN5. The molecule has 0 radical (unpaired) electrons. The summed E-state index contributed by atoms with van der Waals surface area (Å²) in [5.41, 5.74) is 13.2. The van der Waals surface area contributed by atoms with E-state index >= 15 is 0 Å². The molecule has 5 nitrogen and oxygen atoms in total. The number of azide groups is 1. The molecule has 0 atom stereocenters. The van der Waals surface area contributed by atoms with E-state index in [0.717, 1.165) is 37.7 Å². The first kappa shape index (κ1) is 13.0. The van der Waals surface area contributed by atoms with Crippen molar-refractivity contribution < 1.29 is 0 Å². The summed E-state index contributed by atoms with van der Waals surface area (Å²) < 4.78 is 1.05. The number of rotatable bonds is 2. The number of benzene rings is 2. The first-order valence-electron chi connectivity index (χ1n) is 6.69. The van der Waals surface area contributed by atoms with Crippen molar-refractivity contribution in [3.05, 3.63) is 63.4 Å². The molecule has 106 valence electrons. The number of nitrogens with one attached hydrogen (secondary N) is 2. The zero-order chi connectivity index (χ0) is 15.1. The number of nitrogens with zero attached hydrogens (tertiary/aromatic N) is 3. The second kappa shape index (κ2) is 4.94. The molecule has 0 aliphatic rings. The fraction of sp³-hybridized carbons (Fsp3) is 0. The summed E-state index contributed by atoms with van der Waals surface area (Å²) in [4.78, 5) is 9.59. The molecular weight excluding hydrogens is 342 g/mol. The van der Waals surface area contributed by atoms with Crippen molar-refractivity contribution >= 4 is 43.4 Å². The summed E-state index contributed by atoms with van der Waals surface area (Å²) in [6.07, 6.45) is 0. The smallest absolute Gasteiger partial charge is 0.0630 e. The van der Waals surface area contributed by atoms with Crippen LogP contribution in [0.5, 0.6) is 0 Å². The lowest BCUT2D eigenvalue weighted by molar-refractivity contribution is 1.37. The number of aromatic amines is 2. The molecule has 6 heteroatoms. The second-order valence-electron chi connectivity index (χ2n) is 5.06. The van der Waals surface area contributed by atoms with Crippen LogP contribution in [0, 0.1) is 0 Å². The van der Waals surface area contributed by atoms with Crippen LogP contribution in [0.1, 0.15) is 0 Å². The van der Waals surface area contributed by atoms with Gasteiger partial charge in [0, 0.05) is 36.9 Å². The molecule has 0 aliphatic carbocycles. The normalized spacial score (nSPS) is 11.0. The molecule has 2 N–H and O–H groups in total. The third-order valence-corrected chi connectivity index (χ3v) is 4.13. The SMILES string of the molecule is [N-]=[N+]=Nc1ccc2cc(-c3cc4ccc(Br)cc4[nH]3)[nH]c2c1. The van der Waals surface area contributed by atoms with Crippen LogP contribution >= 0.6 is 15.9 Å². The zero-order valence-corrected chi connectivity index (χ0v) is 12.9. The molecule has 0 amide bonds. The highest BCUT2D eigenvalue weighted by Crippen LogP contribution is 2.29. The molecule has 0 saturated heterocycles. The topological polar surface area (TPSA) is 80.3 Å². The number of aromatic nitrogens is 2. The lowest BCUT2D eigenvalue weighted by Crippen LogP contribution is -1.75. The quantitative estimate of drug-likeness (QED) is 0.251. The van der Waals surface area contributed by atoms with Gasteiger partial charge in [-0.25, -0.2) is 0 Å². The highest BCUT2D eigenvalue weighted by molar-refractivity contribution is 9.10. The average Bonchev–Trinajstić information content (AvgIpc) is 3.09. The van der Waals surface area contributed by atoms with Gasteiger partial charge in [0.2, 0.25) is 0 Å². The van der Waals surface area contributed by atoms with Gasteiger partial charge in [-0.15, -0.1) is 0 Å². The molecule has 0 unspecified atom stereocenters. The highest BCUT2D eigenvalue weighted by Gasteiger charge is 2.07. The maximum Gasteiger partial charge on any atom is 0.0630 e. The monoisotopic (exact) mass is 351 g/mol. The van der Waals surface area contributed by atoms with Gasteiger partial charge in [-0.05, 0) is 35.9 Å². The third kappa shape index (κ3) is 2.15. The molecule has 4 aromatic rings. The minimum absolute atomic E-state index is 0.601. The molecule has 0 bridgehead atoms. The van der Waals surface area contributed by atoms with Crippen molar-refractivity contribution in [3.63, 3.8) is 0 Å². The van der Waals surface area contributed by atoms with Crippen LogP contribution in [0.3, 0.4) is 0 Å². The minimum atomic E-state index is 0.601. The summed E-state index contributed by atoms with van der Waals surface area (Å²) in [6.45, 7) is 0. The first-order valence-corrected chi connectivity index (χ1v) is 7.49. The van der Waals surface area contributed by atoms with Gasteiger partial charge in [0.15, 0.2) is 0 Å². The third-order valence-electron chi connectivity index (χ3n) is 3.64. The predicted octanol–water partition coefficient (Wildman–Crippen LogP) is 6.02. The van der Waals surface area contributed by atoms with E-state index in [1.165, 1.54) is 0 Å². The van der Waals surface area contributed by atoms with Crippen molar-refractivity contribution in [2.75, 3.05) is 0 Å². The molecule has 2 aromatic heterocycles. The lowest BCUT2D eigenvalue weighted by atomic mass is 10.2. The number of hydrogen-bond acceptors (Lipinski definition) is 1. The fourth-order valence-corrected chi connectivity index (χ4v) is 2.98. The standard InChI is InChI=1S/C16H10BrN5/c17-11-3-1-9-5-15(19-13(9)7-11)16-6-10-2-4-12(21-22-18)8-14(10)20-16/h1-8,19-20H. The van der Waals surface area contributed by atoms with Crippen LogP contribution in [0.4, 0.5) is 5.69 Å². The van der Waals surface area contributed by atoms with Gasteiger partial charge < -0.3 is 9.97 Å². The zero-order valence-electron chi connectivity index (χ0n) is 11.3. The summed E-state index contributed by atoms with van der Waals surface area (Å²) in [5.74, 6) is 0. The Labute approximate surface area is 133 Å². The summed E-state index contributed by atoms with van der Waals surface area (Å²) >= 11 is 3.48. The van der Waals surface area contributed by atoms with Crippen LogP contribution in [0.2, 0.25) is 0 Å². The van der Waals surface area contributed by atoms with E-state index in [1.54, 1.807) is 0 Å². The fourth-order valence-electron chi connectivity index (χ4n) is 2.62. The van der Waals surface area contributed by atoms with Gasteiger partial charge in [-0.3, -0.25) is 0 Å². The Bertz CT molecular complexity index is 1050. The molecule has 4 rings (SSSR count). The molecule has 2 heterocycles. The van der Waals surface area contributed by atoms with Crippen molar-refractivity contribution in [3.8, 4) is 11.4 Å². The van der Waals surface area contributed by atoms with Gasteiger partial charge in [-0.1, -0.05) is 39.2 Å². The van der Waals surface area contributed by atoms with E-state index in [4.69, 9.17) is 5.53 Å². The second-order valence-corrected chi connectivity index (χ2v) is 5.97. The van der Waals surface area contributed by atoms with Crippen LogP contribution < -0.4 is 0 Å². The molecule has 22 heavy (non-hydrogen) atoms. The van der Waals surface area contributed by atoms with E-state index in [-0.39, 0.29) is 0 Å². The van der Waals surface area contributed by atoms with Gasteiger partial charge in [-0.2, -0.15) is 0 Å². The Morgan fingerprint density at radius 3 is 2.18 bits per heavy atom. The Kier molecular flexibility index (Phi) is 2.92. The molecule has 0 spiro atoms. The Balaban J connectivity index is 1.86. The predicted molar refractivity (Wildman–Crippen MR) is 92.1 cm³/mol. The maximum absolute atomic E-state index is 8.52. The summed E-state index contributed by atoms with van der Waals surface area (Å²) in [5, 5.41) is 5.87. The molecule has 2 aromatic carbocycles. The van der Waals surface area contributed by atoms with Crippen LogP contribution in [0.15, 0.2) is 58.1 Å². The summed E-state index contributed by atoms with van der Waals surface area (Å²) in [7, 11) is 0. The number of fused-ring (bicyclic) bond motifs is 2. The van der Waals surface area contributed by atoms with Crippen molar-refractivity contribution in [1.82, 2.24) is 9.97 Å². The van der Waals surface area contributed by atoms with Gasteiger partial charge in [0.1, 0.15) is 0 Å². The molecule has 0 saturated carbocycles. The van der Waals surface area contributed by atoms with Crippen molar-refractivity contribution in [2.24, 2.45) is 5.11 Å². The van der Waals surface area contributed by atoms with Crippen LogP contribution in [-0.2, 0) is 0 Å². The van der Waals surface area contributed by atoms with Crippen molar-refractivity contribution in [1.29, 1.82) is 0 Å². The molecule has 0 fully saturated rings. The first-order chi connectivity index (χ1) is 10.7. The van der Waals surface area contributed by atoms with E-state index < -0.39 is 0 Å². The van der Waals surface area contributed by atoms with Gasteiger partial charge in [0.05, 0.1) is 11.4 Å². The Morgan fingerprint density at radius 2 is 1.50 bits per heavy atom. The summed E-state index contributed by atoms with van der Waals surface area (Å²) in [6, 6.07) is 15.9. The largest absolute Gasteiger partial charge is 0.353 e. The Morgan fingerprint density at radius 1 is 0.864 bits per heavy atom. The minimum Gasteiger partial charge on any atom is -0.353 e. The van der Waals surface area contributed by atoms with Crippen LogP contribution in [-0.4, -0.2) is 9.97 Å². The maximum atomic E-state index is 8.52. The lowest BCUT2D eigenvalue weighted by Gasteiger charge is -1.92. The number of H-pyrrole nitrogens is 2. The highest BCUT2D eigenvalue weighted by atomic mass is 79.9. The average molecular weight is 352 g/mol. The number of halogens is 1.